The molecule has 19 heavy (non-hydrogen) atoms. The molecule has 0 aliphatic carbocycles. The van der Waals surface area contributed by atoms with Crippen LogP contribution in [0.1, 0.15) is 6.42 Å². The third-order valence-corrected chi connectivity index (χ3v) is 7.17. The van der Waals surface area contributed by atoms with Crippen LogP contribution in [0, 0.1) is 0 Å². The quantitative estimate of drug-likeness (QED) is 0.795. The summed E-state index contributed by atoms with van der Waals surface area (Å²) >= 11 is 10.9. The Labute approximate surface area is 130 Å². The molecule has 1 aromatic carbocycles. The first-order valence-corrected chi connectivity index (χ1v) is 9.52. The molecule has 8 heteroatoms. The highest BCUT2D eigenvalue weighted by atomic mass is 79.9. The zero-order chi connectivity index (χ0) is 14.0. The lowest BCUT2D eigenvalue weighted by atomic mass is 10.3. The molecule has 0 radical (unpaired) electrons. The molecule has 1 aliphatic rings. The van der Waals surface area contributed by atoms with Crippen LogP contribution in [-0.4, -0.2) is 37.3 Å². The molecule has 1 saturated heterocycles. The lowest BCUT2D eigenvalue weighted by Crippen LogP contribution is -2.33. The van der Waals surface area contributed by atoms with Gasteiger partial charge in [0.25, 0.3) is 0 Å². The van der Waals surface area contributed by atoms with Gasteiger partial charge in [0, 0.05) is 29.6 Å². The summed E-state index contributed by atoms with van der Waals surface area (Å²) < 4.78 is 27.2. The molecule has 4 nitrogen and oxygen atoms in total. The number of hydrogen-bond donors (Lipinski definition) is 1. The number of halogens is 2. The fourth-order valence-electron chi connectivity index (χ4n) is 1.87. The van der Waals surface area contributed by atoms with Crippen LogP contribution in [-0.2, 0) is 10.0 Å². The Morgan fingerprint density at radius 3 is 2.79 bits per heavy atom. The molecule has 2 N–H and O–H groups in total. The summed E-state index contributed by atoms with van der Waals surface area (Å²) in [6, 6.07) is 2.97. The minimum atomic E-state index is -3.55. The fraction of sp³-hybridized carbons (Fsp3) is 0.455. The molecule has 2 rings (SSSR count). The van der Waals surface area contributed by atoms with Gasteiger partial charge in [0.2, 0.25) is 10.0 Å². The zero-order valence-electron chi connectivity index (χ0n) is 10.1. The van der Waals surface area contributed by atoms with Gasteiger partial charge in [-0.15, -0.1) is 0 Å². The highest BCUT2D eigenvalue weighted by Crippen LogP contribution is 2.33. The van der Waals surface area contributed by atoms with Crippen molar-refractivity contribution in [1.82, 2.24) is 4.31 Å². The van der Waals surface area contributed by atoms with E-state index in [1.165, 1.54) is 16.4 Å². The normalized spacial score (nSPS) is 18.2. The molecule has 0 aromatic heterocycles. The second-order valence-corrected chi connectivity index (χ2v) is 8.54. The predicted octanol–water partition coefficient (Wildman–Crippen LogP) is 2.81. The van der Waals surface area contributed by atoms with Crippen LogP contribution < -0.4 is 5.73 Å². The monoisotopic (exact) mass is 384 g/mol. The number of nitrogen functional groups attached to an aromatic ring is 1. The number of thioether (sulfide) groups is 1. The highest BCUT2D eigenvalue weighted by Gasteiger charge is 2.28. The Morgan fingerprint density at radius 1 is 1.32 bits per heavy atom. The molecule has 0 saturated carbocycles. The Bertz CT molecular complexity index is 572. The van der Waals surface area contributed by atoms with Crippen molar-refractivity contribution in [2.75, 3.05) is 30.3 Å². The van der Waals surface area contributed by atoms with E-state index in [-0.39, 0.29) is 4.90 Å². The van der Waals surface area contributed by atoms with Crippen molar-refractivity contribution in [3.05, 3.63) is 21.6 Å². The van der Waals surface area contributed by atoms with Crippen LogP contribution in [0.3, 0.4) is 0 Å². The van der Waals surface area contributed by atoms with Crippen molar-refractivity contribution in [2.24, 2.45) is 0 Å². The van der Waals surface area contributed by atoms with Crippen molar-refractivity contribution >= 4 is 55.0 Å². The van der Waals surface area contributed by atoms with Crippen molar-refractivity contribution < 1.29 is 8.42 Å². The van der Waals surface area contributed by atoms with Crippen LogP contribution >= 0.6 is 39.3 Å². The largest absolute Gasteiger partial charge is 0.398 e. The topological polar surface area (TPSA) is 63.4 Å². The van der Waals surface area contributed by atoms with E-state index in [9.17, 15) is 8.42 Å². The average Bonchev–Trinajstić information content (AvgIpc) is 2.62. The maximum absolute atomic E-state index is 12.6. The number of anilines is 1. The van der Waals surface area contributed by atoms with E-state index in [0.29, 0.717) is 28.3 Å². The first kappa shape index (κ1) is 15.4. The molecule has 0 unspecified atom stereocenters. The summed E-state index contributed by atoms with van der Waals surface area (Å²) in [5, 5.41) is 0.323. The Kier molecular flexibility index (Phi) is 5.05. The van der Waals surface area contributed by atoms with E-state index in [1.54, 1.807) is 11.8 Å². The van der Waals surface area contributed by atoms with Gasteiger partial charge in [-0.1, -0.05) is 11.6 Å². The van der Waals surface area contributed by atoms with Crippen molar-refractivity contribution in [2.45, 2.75) is 11.3 Å². The van der Waals surface area contributed by atoms with Gasteiger partial charge >= 0.3 is 0 Å². The smallest absolute Gasteiger partial charge is 0.244 e. The Hall–Kier alpha value is 0.0500. The number of hydrogen-bond acceptors (Lipinski definition) is 4. The second kappa shape index (κ2) is 6.22. The summed E-state index contributed by atoms with van der Waals surface area (Å²) in [6.07, 6.45) is 0.859. The van der Waals surface area contributed by atoms with Gasteiger partial charge in [0.1, 0.15) is 0 Å². The molecule has 1 aromatic rings. The number of nitrogens with zero attached hydrogens (tertiary/aromatic N) is 1. The summed E-state index contributed by atoms with van der Waals surface area (Å²) in [6.45, 7) is 1.06. The minimum Gasteiger partial charge on any atom is -0.398 e. The molecule has 0 amide bonds. The summed E-state index contributed by atoms with van der Waals surface area (Å²) in [4.78, 5) is 0.143. The van der Waals surface area contributed by atoms with Crippen LogP contribution in [0.15, 0.2) is 21.5 Å². The maximum Gasteiger partial charge on any atom is 0.244 e. The maximum atomic E-state index is 12.6. The standard InChI is InChI=1S/C11H14BrClN2O2S2/c12-11-9(14)6-8(13)7-10(11)19(16,17)15-2-1-4-18-5-3-15/h6-7H,1-5,14H2. The fourth-order valence-corrected chi connectivity index (χ4v) is 5.61. The number of nitrogens with two attached hydrogens (primary N) is 1. The molecule has 0 bridgehead atoms. The van der Waals surface area contributed by atoms with Crippen molar-refractivity contribution in [1.29, 1.82) is 0 Å². The van der Waals surface area contributed by atoms with E-state index >= 15 is 0 Å². The summed E-state index contributed by atoms with van der Waals surface area (Å²) in [7, 11) is -3.55. The van der Waals surface area contributed by atoms with Crippen molar-refractivity contribution in [3.63, 3.8) is 0 Å². The van der Waals surface area contributed by atoms with Crippen LogP contribution in [0.4, 0.5) is 5.69 Å². The van der Waals surface area contributed by atoms with E-state index in [0.717, 1.165) is 17.9 Å². The van der Waals surface area contributed by atoms with Gasteiger partial charge < -0.3 is 5.73 Å². The second-order valence-electron chi connectivity index (χ2n) is 4.18. The van der Waals surface area contributed by atoms with Gasteiger partial charge in [-0.2, -0.15) is 16.1 Å². The SMILES string of the molecule is Nc1cc(Cl)cc(S(=O)(=O)N2CCCSCC2)c1Br. The molecule has 1 heterocycles. The van der Waals surface area contributed by atoms with E-state index in [2.05, 4.69) is 15.9 Å². The van der Waals surface area contributed by atoms with Crippen LogP contribution in [0.5, 0.6) is 0 Å². The minimum absolute atomic E-state index is 0.143. The molecule has 1 fully saturated rings. The van der Waals surface area contributed by atoms with E-state index < -0.39 is 10.0 Å². The molecular formula is C11H14BrClN2O2S2. The van der Waals surface area contributed by atoms with Crippen molar-refractivity contribution in [3.8, 4) is 0 Å². The van der Waals surface area contributed by atoms with Gasteiger partial charge in [0.05, 0.1) is 9.37 Å². The first-order chi connectivity index (χ1) is 8.93. The molecule has 1 aliphatic heterocycles. The Morgan fingerprint density at radius 2 is 2.05 bits per heavy atom. The number of sulfonamides is 1. The third-order valence-electron chi connectivity index (χ3n) is 2.83. The number of rotatable bonds is 2. The van der Waals surface area contributed by atoms with Crippen LogP contribution in [0.2, 0.25) is 5.02 Å². The van der Waals surface area contributed by atoms with Gasteiger partial charge in [-0.25, -0.2) is 8.42 Å². The first-order valence-electron chi connectivity index (χ1n) is 5.75. The zero-order valence-corrected chi connectivity index (χ0v) is 14.1. The Balaban J connectivity index is 2.44. The van der Waals surface area contributed by atoms with E-state index in [4.69, 9.17) is 17.3 Å². The van der Waals surface area contributed by atoms with Gasteiger partial charge in [-0.3, -0.25) is 0 Å². The molecule has 106 valence electrons. The highest BCUT2D eigenvalue weighted by molar-refractivity contribution is 9.10. The summed E-state index contributed by atoms with van der Waals surface area (Å²) in [5.41, 5.74) is 6.09. The molecule has 0 spiro atoms. The lowest BCUT2D eigenvalue weighted by molar-refractivity contribution is 0.434. The summed E-state index contributed by atoms with van der Waals surface area (Å²) in [5.74, 6) is 1.80. The van der Waals surface area contributed by atoms with Gasteiger partial charge in [0.15, 0.2) is 0 Å². The van der Waals surface area contributed by atoms with Gasteiger partial charge in [-0.05, 0) is 40.2 Å². The number of benzene rings is 1. The molecular weight excluding hydrogens is 372 g/mol. The molecule has 0 atom stereocenters. The predicted molar refractivity (Wildman–Crippen MR) is 84.3 cm³/mol. The lowest BCUT2D eigenvalue weighted by Gasteiger charge is -2.21. The van der Waals surface area contributed by atoms with E-state index in [1.807, 2.05) is 0 Å². The van der Waals surface area contributed by atoms with Crippen LogP contribution in [0.25, 0.3) is 0 Å². The average molecular weight is 386 g/mol. The third kappa shape index (κ3) is 3.39.